The van der Waals surface area contributed by atoms with Gasteiger partial charge < -0.3 is 16.2 Å². The van der Waals surface area contributed by atoms with E-state index in [0.717, 1.165) is 25.7 Å². The first kappa shape index (κ1) is 17.4. The molecule has 4 nitrogen and oxygen atoms in total. The second-order valence-corrected chi connectivity index (χ2v) is 4.94. The number of carbonyl (C=O) groups excluding carboxylic acids is 1. The van der Waals surface area contributed by atoms with Crippen molar-refractivity contribution in [2.45, 2.75) is 64.8 Å². The molecule has 0 heterocycles. The molecule has 0 aromatic carbocycles. The van der Waals surface area contributed by atoms with Gasteiger partial charge in [0.1, 0.15) is 6.04 Å². The van der Waals surface area contributed by atoms with Crippen LogP contribution in [0.3, 0.4) is 0 Å². The van der Waals surface area contributed by atoms with Crippen LogP contribution in [0.1, 0.15) is 58.8 Å². The summed E-state index contributed by atoms with van der Waals surface area (Å²) in [6, 6.07) is -0.486. The molecule has 0 rings (SSSR count). The summed E-state index contributed by atoms with van der Waals surface area (Å²) in [5.74, 6) is 0.215. The van der Waals surface area contributed by atoms with E-state index >= 15 is 0 Å². The van der Waals surface area contributed by atoms with Gasteiger partial charge in [0.05, 0.1) is 6.61 Å². The highest BCUT2D eigenvalue weighted by Gasteiger charge is 2.16. The highest BCUT2D eigenvalue weighted by molar-refractivity contribution is 5.75. The minimum atomic E-state index is -0.486. The van der Waals surface area contributed by atoms with Crippen molar-refractivity contribution in [1.29, 1.82) is 0 Å². The minimum absolute atomic E-state index is 0.262. The Morgan fingerprint density at radius 3 is 2.44 bits per heavy atom. The molecule has 4 heteroatoms. The van der Waals surface area contributed by atoms with E-state index in [4.69, 9.17) is 16.2 Å². The quantitative estimate of drug-likeness (QED) is 0.440. The third kappa shape index (κ3) is 8.48. The third-order valence-corrected chi connectivity index (χ3v) is 3.28. The predicted octanol–water partition coefficient (Wildman–Crippen LogP) is 2.20. The molecule has 0 aliphatic heterocycles. The molecule has 18 heavy (non-hydrogen) atoms. The van der Waals surface area contributed by atoms with Gasteiger partial charge in [-0.25, -0.2) is 0 Å². The largest absolute Gasteiger partial charge is 0.464 e. The summed E-state index contributed by atoms with van der Waals surface area (Å²) >= 11 is 0. The minimum Gasteiger partial charge on any atom is -0.464 e. The van der Waals surface area contributed by atoms with Crippen LogP contribution < -0.4 is 11.5 Å². The average Bonchev–Trinajstić information content (AvgIpc) is 2.38. The van der Waals surface area contributed by atoms with E-state index in [9.17, 15) is 4.79 Å². The van der Waals surface area contributed by atoms with Crippen LogP contribution in [-0.2, 0) is 9.53 Å². The lowest BCUT2D eigenvalue weighted by atomic mass is 10.0. The standard InChI is InChI=1S/C14H30N2O2/c1-3-5-8-12(4-2)11-18-14(17)13(16)9-6-7-10-15/h12-13H,3-11,15-16H2,1-2H3/t12?,13-/m0/s1. The van der Waals surface area contributed by atoms with Gasteiger partial charge in [0.2, 0.25) is 0 Å². The number of hydrogen-bond donors (Lipinski definition) is 2. The molecule has 0 fully saturated rings. The van der Waals surface area contributed by atoms with Gasteiger partial charge in [0, 0.05) is 0 Å². The van der Waals surface area contributed by atoms with E-state index in [0.29, 0.717) is 25.5 Å². The monoisotopic (exact) mass is 258 g/mol. The van der Waals surface area contributed by atoms with E-state index in [2.05, 4.69) is 13.8 Å². The van der Waals surface area contributed by atoms with E-state index in [1.54, 1.807) is 0 Å². The molecule has 0 bridgehead atoms. The predicted molar refractivity (Wildman–Crippen MR) is 75.1 cm³/mol. The smallest absolute Gasteiger partial charge is 0.322 e. The van der Waals surface area contributed by atoms with Crippen LogP contribution in [0.25, 0.3) is 0 Å². The summed E-state index contributed by atoms with van der Waals surface area (Å²) in [4.78, 5) is 11.7. The molecule has 1 unspecified atom stereocenters. The highest BCUT2D eigenvalue weighted by atomic mass is 16.5. The molecule has 108 valence electrons. The van der Waals surface area contributed by atoms with Crippen molar-refractivity contribution in [2.75, 3.05) is 13.2 Å². The number of ether oxygens (including phenoxy) is 1. The number of carbonyl (C=O) groups is 1. The summed E-state index contributed by atoms with van der Waals surface area (Å²) < 4.78 is 5.29. The Bertz CT molecular complexity index is 210. The van der Waals surface area contributed by atoms with Crippen LogP contribution >= 0.6 is 0 Å². The number of hydrogen-bond acceptors (Lipinski definition) is 4. The Kier molecular flexibility index (Phi) is 11.1. The number of rotatable bonds is 11. The van der Waals surface area contributed by atoms with Crippen molar-refractivity contribution in [2.24, 2.45) is 17.4 Å². The first-order chi connectivity index (χ1) is 8.65. The SMILES string of the molecule is CCCCC(CC)COC(=O)[C@@H](N)CCCCN. The third-order valence-electron chi connectivity index (χ3n) is 3.28. The van der Waals surface area contributed by atoms with Crippen molar-refractivity contribution in [1.82, 2.24) is 0 Å². The van der Waals surface area contributed by atoms with E-state index in [1.807, 2.05) is 0 Å². The van der Waals surface area contributed by atoms with Crippen LogP contribution in [-0.4, -0.2) is 25.2 Å². The van der Waals surface area contributed by atoms with Crippen LogP contribution in [0.4, 0.5) is 0 Å². The molecule has 0 radical (unpaired) electrons. The number of esters is 1. The van der Waals surface area contributed by atoms with Gasteiger partial charge in [-0.1, -0.05) is 39.5 Å². The topological polar surface area (TPSA) is 78.3 Å². The summed E-state index contributed by atoms with van der Waals surface area (Å²) in [5.41, 5.74) is 11.2. The van der Waals surface area contributed by atoms with Crippen molar-refractivity contribution >= 4 is 5.97 Å². The first-order valence-corrected chi connectivity index (χ1v) is 7.27. The molecule has 2 atom stereocenters. The molecule has 0 aromatic rings. The Morgan fingerprint density at radius 1 is 1.17 bits per heavy atom. The van der Waals surface area contributed by atoms with E-state index in [-0.39, 0.29) is 5.97 Å². The fourth-order valence-electron chi connectivity index (χ4n) is 1.83. The highest BCUT2D eigenvalue weighted by Crippen LogP contribution is 2.13. The average molecular weight is 258 g/mol. The van der Waals surface area contributed by atoms with E-state index in [1.165, 1.54) is 12.8 Å². The zero-order valence-corrected chi connectivity index (χ0v) is 12.0. The van der Waals surface area contributed by atoms with Crippen molar-refractivity contribution in [3.05, 3.63) is 0 Å². The normalized spacial score (nSPS) is 14.2. The zero-order valence-electron chi connectivity index (χ0n) is 12.0. The maximum atomic E-state index is 11.7. The van der Waals surface area contributed by atoms with Crippen LogP contribution in [0, 0.1) is 5.92 Å². The molecule has 0 spiro atoms. The molecule has 0 amide bonds. The van der Waals surface area contributed by atoms with Gasteiger partial charge in [-0.2, -0.15) is 0 Å². The van der Waals surface area contributed by atoms with Gasteiger partial charge in [0.15, 0.2) is 0 Å². The Morgan fingerprint density at radius 2 is 1.89 bits per heavy atom. The van der Waals surface area contributed by atoms with Crippen LogP contribution in [0.2, 0.25) is 0 Å². The van der Waals surface area contributed by atoms with Gasteiger partial charge in [-0.05, 0) is 31.7 Å². The molecule has 0 aromatic heterocycles. The Hall–Kier alpha value is -0.610. The molecular formula is C14H30N2O2. The van der Waals surface area contributed by atoms with E-state index < -0.39 is 6.04 Å². The fourth-order valence-corrected chi connectivity index (χ4v) is 1.83. The van der Waals surface area contributed by atoms with Crippen molar-refractivity contribution in [3.63, 3.8) is 0 Å². The van der Waals surface area contributed by atoms with Gasteiger partial charge in [-0.3, -0.25) is 4.79 Å². The summed E-state index contributed by atoms with van der Waals surface area (Å²) in [6.07, 6.45) is 7.02. The second-order valence-electron chi connectivity index (χ2n) is 4.94. The Labute approximate surface area is 111 Å². The fraction of sp³-hybridized carbons (Fsp3) is 0.929. The van der Waals surface area contributed by atoms with Gasteiger partial charge in [-0.15, -0.1) is 0 Å². The van der Waals surface area contributed by atoms with Crippen LogP contribution in [0.5, 0.6) is 0 Å². The number of unbranched alkanes of at least 4 members (excludes halogenated alkanes) is 2. The van der Waals surface area contributed by atoms with Gasteiger partial charge >= 0.3 is 5.97 Å². The van der Waals surface area contributed by atoms with Crippen molar-refractivity contribution in [3.8, 4) is 0 Å². The first-order valence-electron chi connectivity index (χ1n) is 7.27. The lowest BCUT2D eigenvalue weighted by Gasteiger charge is -2.16. The maximum absolute atomic E-state index is 11.7. The maximum Gasteiger partial charge on any atom is 0.322 e. The van der Waals surface area contributed by atoms with Gasteiger partial charge in [0.25, 0.3) is 0 Å². The lowest BCUT2D eigenvalue weighted by molar-refractivity contribution is -0.146. The summed E-state index contributed by atoms with van der Waals surface area (Å²) in [7, 11) is 0. The molecule has 4 N–H and O–H groups in total. The number of nitrogens with two attached hydrogens (primary N) is 2. The zero-order chi connectivity index (χ0) is 13.8. The molecular weight excluding hydrogens is 228 g/mol. The molecule has 0 saturated carbocycles. The van der Waals surface area contributed by atoms with Crippen molar-refractivity contribution < 1.29 is 9.53 Å². The molecule has 0 aliphatic rings. The summed E-state index contributed by atoms with van der Waals surface area (Å²) in [6.45, 7) is 5.47. The second kappa shape index (κ2) is 11.5. The molecule has 0 saturated heterocycles. The Balaban J connectivity index is 3.77. The summed E-state index contributed by atoms with van der Waals surface area (Å²) in [5, 5.41) is 0. The lowest BCUT2D eigenvalue weighted by Crippen LogP contribution is -2.33. The molecule has 0 aliphatic carbocycles. The van der Waals surface area contributed by atoms with Crippen LogP contribution in [0.15, 0.2) is 0 Å².